The molecular weight excluding hydrogens is 360 g/mol. The average Bonchev–Trinajstić information content (AvgIpc) is 2.72. The molecule has 0 fully saturated rings. The standard InChI is InChI=1S/C21H22N2O5/c1-14-21(25)23(16-6-2-3-7-17(16)28-14)10-9-19(24)22-13-15-5-4-8-18-20(15)27-12-11-26-18/h2-8,14H,9-13H2,1H3,(H,22,24). The first-order chi connectivity index (χ1) is 13.6. The van der Waals surface area contributed by atoms with E-state index in [-0.39, 0.29) is 18.2 Å². The SMILES string of the molecule is CC1Oc2ccccc2N(CCC(=O)NCc2cccc3c2OCCO3)C1=O. The molecule has 2 heterocycles. The number of rotatable bonds is 5. The monoisotopic (exact) mass is 382 g/mol. The third-order valence-corrected chi connectivity index (χ3v) is 4.76. The molecule has 146 valence electrons. The zero-order valence-corrected chi connectivity index (χ0v) is 15.6. The molecule has 2 aliphatic rings. The fraction of sp³-hybridized carbons (Fsp3) is 0.333. The van der Waals surface area contributed by atoms with Crippen LogP contribution in [0.15, 0.2) is 42.5 Å². The predicted octanol–water partition coefficient (Wildman–Crippen LogP) is 2.28. The Morgan fingerprint density at radius 2 is 1.89 bits per heavy atom. The maximum Gasteiger partial charge on any atom is 0.267 e. The molecule has 0 aromatic heterocycles. The Hall–Kier alpha value is -3.22. The summed E-state index contributed by atoms with van der Waals surface area (Å²) in [5.74, 6) is 1.75. The quantitative estimate of drug-likeness (QED) is 0.859. The number of anilines is 1. The topological polar surface area (TPSA) is 77.1 Å². The summed E-state index contributed by atoms with van der Waals surface area (Å²) in [5.41, 5.74) is 1.56. The van der Waals surface area contributed by atoms with Crippen molar-refractivity contribution in [1.29, 1.82) is 0 Å². The second-order valence-electron chi connectivity index (χ2n) is 6.69. The van der Waals surface area contributed by atoms with Crippen LogP contribution in [0.1, 0.15) is 18.9 Å². The van der Waals surface area contributed by atoms with Gasteiger partial charge in [0.1, 0.15) is 19.0 Å². The molecule has 1 unspecified atom stereocenters. The highest BCUT2D eigenvalue weighted by Gasteiger charge is 2.31. The lowest BCUT2D eigenvalue weighted by molar-refractivity contribution is -0.125. The normalized spacial score (nSPS) is 17.5. The first-order valence-electron chi connectivity index (χ1n) is 9.35. The molecule has 2 amide bonds. The molecule has 2 aliphatic heterocycles. The van der Waals surface area contributed by atoms with Crippen molar-refractivity contribution < 1.29 is 23.8 Å². The van der Waals surface area contributed by atoms with E-state index in [9.17, 15) is 9.59 Å². The zero-order chi connectivity index (χ0) is 19.5. The second kappa shape index (κ2) is 7.80. The fourth-order valence-electron chi connectivity index (χ4n) is 3.36. The molecule has 1 atom stereocenters. The molecule has 2 aromatic rings. The van der Waals surface area contributed by atoms with Crippen LogP contribution in [0, 0.1) is 0 Å². The van der Waals surface area contributed by atoms with Gasteiger partial charge in [-0.25, -0.2) is 0 Å². The Labute approximate surface area is 163 Å². The van der Waals surface area contributed by atoms with Crippen molar-refractivity contribution in [2.45, 2.75) is 26.0 Å². The number of nitrogens with one attached hydrogen (secondary N) is 1. The number of carbonyl (C=O) groups is 2. The van der Waals surface area contributed by atoms with Gasteiger partial charge < -0.3 is 24.4 Å². The van der Waals surface area contributed by atoms with E-state index in [2.05, 4.69) is 5.32 Å². The highest BCUT2D eigenvalue weighted by atomic mass is 16.6. The van der Waals surface area contributed by atoms with Crippen LogP contribution in [0.25, 0.3) is 0 Å². The van der Waals surface area contributed by atoms with Gasteiger partial charge in [0.25, 0.3) is 5.91 Å². The van der Waals surface area contributed by atoms with Gasteiger partial charge in [0, 0.05) is 25.1 Å². The van der Waals surface area contributed by atoms with E-state index in [1.165, 1.54) is 0 Å². The zero-order valence-electron chi connectivity index (χ0n) is 15.6. The van der Waals surface area contributed by atoms with Gasteiger partial charge >= 0.3 is 0 Å². The number of carbonyl (C=O) groups excluding carboxylic acids is 2. The number of fused-ring (bicyclic) bond motifs is 2. The van der Waals surface area contributed by atoms with Crippen LogP contribution in [0.2, 0.25) is 0 Å². The summed E-state index contributed by atoms with van der Waals surface area (Å²) in [6, 6.07) is 13.0. The van der Waals surface area contributed by atoms with Crippen molar-refractivity contribution in [1.82, 2.24) is 5.32 Å². The maximum atomic E-state index is 12.5. The summed E-state index contributed by atoms with van der Waals surface area (Å²) >= 11 is 0. The minimum absolute atomic E-state index is 0.140. The van der Waals surface area contributed by atoms with Crippen LogP contribution >= 0.6 is 0 Å². The summed E-state index contributed by atoms with van der Waals surface area (Å²) < 4.78 is 16.8. The summed E-state index contributed by atoms with van der Waals surface area (Å²) in [4.78, 5) is 26.5. The van der Waals surface area contributed by atoms with E-state index in [0.717, 1.165) is 5.56 Å². The van der Waals surface area contributed by atoms with E-state index >= 15 is 0 Å². The first-order valence-corrected chi connectivity index (χ1v) is 9.35. The van der Waals surface area contributed by atoms with Crippen molar-refractivity contribution in [2.24, 2.45) is 0 Å². The molecule has 7 nitrogen and oxygen atoms in total. The van der Waals surface area contributed by atoms with Crippen LogP contribution in [-0.4, -0.2) is 37.7 Å². The number of ether oxygens (including phenoxy) is 3. The van der Waals surface area contributed by atoms with Crippen LogP contribution in [0.3, 0.4) is 0 Å². The van der Waals surface area contributed by atoms with Crippen LogP contribution in [0.4, 0.5) is 5.69 Å². The highest BCUT2D eigenvalue weighted by Crippen LogP contribution is 2.34. The van der Waals surface area contributed by atoms with E-state index in [4.69, 9.17) is 14.2 Å². The van der Waals surface area contributed by atoms with Gasteiger partial charge in [-0.2, -0.15) is 0 Å². The maximum absolute atomic E-state index is 12.5. The Bertz CT molecular complexity index is 898. The predicted molar refractivity (Wildman–Crippen MR) is 103 cm³/mol. The summed E-state index contributed by atoms with van der Waals surface area (Å²) in [5, 5.41) is 2.89. The number of nitrogens with zero attached hydrogens (tertiary/aromatic N) is 1. The van der Waals surface area contributed by atoms with Gasteiger partial charge in [-0.3, -0.25) is 9.59 Å². The van der Waals surface area contributed by atoms with Crippen LogP contribution < -0.4 is 24.4 Å². The summed E-state index contributed by atoms with van der Waals surface area (Å²) in [7, 11) is 0. The third-order valence-electron chi connectivity index (χ3n) is 4.76. The van der Waals surface area contributed by atoms with Crippen LogP contribution in [0.5, 0.6) is 17.2 Å². The van der Waals surface area contributed by atoms with E-state index < -0.39 is 6.10 Å². The second-order valence-corrected chi connectivity index (χ2v) is 6.69. The van der Waals surface area contributed by atoms with Gasteiger partial charge in [0.2, 0.25) is 5.91 Å². The van der Waals surface area contributed by atoms with Crippen molar-refractivity contribution in [3.8, 4) is 17.2 Å². The Morgan fingerprint density at radius 1 is 1.11 bits per heavy atom. The molecular formula is C21H22N2O5. The molecule has 1 N–H and O–H groups in total. The number of amides is 2. The van der Waals surface area contributed by atoms with Gasteiger partial charge in [-0.05, 0) is 25.1 Å². The molecule has 28 heavy (non-hydrogen) atoms. The first kappa shape index (κ1) is 18.2. The minimum Gasteiger partial charge on any atom is -0.486 e. The largest absolute Gasteiger partial charge is 0.486 e. The molecule has 4 rings (SSSR count). The smallest absolute Gasteiger partial charge is 0.267 e. The van der Waals surface area contributed by atoms with Crippen molar-refractivity contribution >= 4 is 17.5 Å². The molecule has 0 saturated heterocycles. The number of benzene rings is 2. The molecule has 0 bridgehead atoms. The lowest BCUT2D eigenvalue weighted by Gasteiger charge is -2.32. The third kappa shape index (κ3) is 3.60. The Morgan fingerprint density at radius 3 is 2.79 bits per heavy atom. The molecule has 0 aliphatic carbocycles. The van der Waals surface area contributed by atoms with Gasteiger partial charge in [-0.15, -0.1) is 0 Å². The highest BCUT2D eigenvalue weighted by molar-refractivity contribution is 6.00. The molecule has 7 heteroatoms. The fourth-order valence-corrected chi connectivity index (χ4v) is 3.36. The number of para-hydroxylation sites is 3. The average molecular weight is 382 g/mol. The van der Waals surface area contributed by atoms with Crippen molar-refractivity contribution in [2.75, 3.05) is 24.7 Å². The summed E-state index contributed by atoms with van der Waals surface area (Å²) in [6.45, 7) is 3.37. The Kier molecular flexibility index (Phi) is 5.06. The van der Waals surface area contributed by atoms with E-state index in [1.807, 2.05) is 42.5 Å². The van der Waals surface area contributed by atoms with E-state index in [1.54, 1.807) is 11.8 Å². The number of hydrogen-bond donors (Lipinski definition) is 1. The van der Waals surface area contributed by atoms with Gasteiger partial charge in [0.05, 0.1) is 5.69 Å². The molecule has 2 aromatic carbocycles. The van der Waals surface area contributed by atoms with Gasteiger partial charge in [-0.1, -0.05) is 24.3 Å². The summed E-state index contributed by atoms with van der Waals surface area (Å²) in [6.07, 6.45) is -0.370. The Balaban J connectivity index is 1.37. The van der Waals surface area contributed by atoms with Crippen molar-refractivity contribution in [3.63, 3.8) is 0 Å². The van der Waals surface area contributed by atoms with Crippen LogP contribution in [-0.2, 0) is 16.1 Å². The van der Waals surface area contributed by atoms with Crippen molar-refractivity contribution in [3.05, 3.63) is 48.0 Å². The molecule has 0 radical (unpaired) electrons. The lowest BCUT2D eigenvalue weighted by atomic mass is 10.1. The molecule has 0 spiro atoms. The lowest BCUT2D eigenvalue weighted by Crippen LogP contribution is -2.45. The van der Waals surface area contributed by atoms with Gasteiger partial charge in [0.15, 0.2) is 17.6 Å². The molecule has 0 saturated carbocycles. The minimum atomic E-state index is -0.564. The van der Waals surface area contributed by atoms with E-state index in [0.29, 0.717) is 49.2 Å². The number of hydrogen-bond acceptors (Lipinski definition) is 5.